The van der Waals surface area contributed by atoms with Gasteiger partial charge in [0.2, 0.25) is 0 Å². The number of carbonyl (C=O) groups is 1. The van der Waals surface area contributed by atoms with E-state index in [0.717, 1.165) is 10.0 Å². The van der Waals surface area contributed by atoms with Crippen LogP contribution in [0.25, 0.3) is 5.70 Å². The van der Waals surface area contributed by atoms with Gasteiger partial charge in [-0.1, -0.05) is 28.1 Å². The second kappa shape index (κ2) is 6.26. The lowest BCUT2D eigenvalue weighted by Gasteiger charge is -2.19. The summed E-state index contributed by atoms with van der Waals surface area (Å²) in [5, 5.41) is 0. The molecule has 0 amide bonds. The van der Waals surface area contributed by atoms with E-state index in [0.29, 0.717) is 5.70 Å². The molecular weight excluding hydrogens is 332 g/mol. The zero-order valence-electron chi connectivity index (χ0n) is 12.2. The highest BCUT2D eigenvalue weighted by molar-refractivity contribution is 9.10. The Kier molecular flexibility index (Phi) is 4.63. The zero-order chi connectivity index (χ0) is 15.5. The summed E-state index contributed by atoms with van der Waals surface area (Å²) in [5.74, 6) is -0.380. The second-order valence-corrected chi connectivity index (χ2v) is 6.46. The Hall–Kier alpha value is -1.88. The zero-order valence-corrected chi connectivity index (χ0v) is 13.8. The third-order valence-corrected chi connectivity index (χ3v) is 3.11. The molecule has 0 saturated carbocycles. The topological polar surface area (TPSA) is 44.1 Å². The van der Waals surface area contributed by atoms with Crippen molar-refractivity contribution in [3.63, 3.8) is 0 Å². The Morgan fingerprint density at radius 2 is 1.95 bits per heavy atom. The monoisotopic (exact) mass is 348 g/mol. The number of benzene rings is 1. The van der Waals surface area contributed by atoms with Gasteiger partial charge in [0, 0.05) is 22.9 Å². The molecule has 0 radical (unpaired) electrons. The van der Waals surface area contributed by atoms with Crippen molar-refractivity contribution in [1.29, 1.82) is 0 Å². The number of carbonyl (C=O) groups excluding carboxylic acids is 1. The lowest BCUT2D eigenvalue weighted by Crippen LogP contribution is -2.23. The molecule has 0 aliphatic rings. The summed E-state index contributed by atoms with van der Waals surface area (Å²) in [6.45, 7) is 5.53. The molecule has 0 bridgehead atoms. The highest BCUT2D eigenvalue weighted by Crippen LogP contribution is 2.20. The molecule has 1 aromatic heterocycles. The SMILES string of the molecule is CC(C)(C)OC(=O)/C=C(\c1ccc(Br)cc1)n1ccnc1. The maximum absolute atomic E-state index is 12.1. The van der Waals surface area contributed by atoms with E-state index in [-0.39, 0.29) is 5.97 Å². The Morgan fingerprint density at radius 1 is 1.29 bits per heavy atom. The number of esters is 1. The molecule has 0 aliphatic heterocycles. The Balaban J connectivity index is 2.38. The first-order valence-corrected chi connectivity index (χ1v) is 7.33. The number of imidazole rings is 1. The van der Waals surface area contributed by atoms with Crippen molar-refractivity contribution in [3.05, 3.63) is 59.1 Å². The Bertz CT molecular complexity index is 638. The molecule has 110 valence electrons. The summed E-state index contributed by atoms with van der Waals surface area (Å²) in [6.07, 6.45) is 6.59. The summed E-state index contributed by atoms with van der Waals surface area (Å²) < 4.78 is 8.12. The van der Waals surface area contributed by atoms with Crippen molar-refractivity contribution >= 4 is 27.6 Å². The van der Waals surface area contributed by atoms with Crippen LogP contribution in [0.1, 0.15) is 26.3 Å². The average Bonchev–Trinajstić information content (AvgIpc) is 2.88. The van der Waals surface area contributed by atoms with Gasteiger partial charge in [-0.15, -0.1) is 0 Å². The van der Waals surface area contributed by atoms with E-state index in [4.69, 9.17) is 4.74 Å². The van der Waals surface area contributed by atoms with E-state index in [1.165, 1.54) is 6.08 Å². The number of ether oxygens (including phenoxy) is 1. The van der Waals surface area contributed by atoms with Crippen LogP contribution in [0.15, 0.2) is 53.5 Å². The molecule has 0 fully saturated rings. The van der Waals surface area contributed by atoms with Crippen LogP contribution in [0.2, 0.25) is 0 Å². The minimum Gasteiger partial charge on any atom is -0.457 e. The predicted molar refractivity (Wildman–Crippen MR) is 85.6 cm³/mol. The molecular formula is C16H17BrN2O2. The van der Waals surface area contributed by atoms with Crippen molar-refractivity contribution in [2.45, 2.75) is 26.4 Å². The van der Waals surface area contributed by atoms with E-state index in [9.17, 15) is 4.79 Å². The molecule has 0 unspecified atom stereocenters. The van der Waals surface area contributed by atoms with E-state index in [2.05, 4.69) is 20.9 Å². The number of rotatable bonds is 3. The maximum Gasteiger partial charge on any atom is 0.333 e. The second-order valence-electron chi connectivity index (χ2n) is 5.54. The largest absolute Gasteiger partial charge is 0.457 e. The lowest BCUT2D eigenvalue weighted by molar-refractivity contribution is -0.148. The van der Waals surface area contributed by atoms with Gasteiger partial charge in [-0.3, -0.25) is 0 Å². The number of halogens is 1. The summed E-state index contributed by atoms with van der Waals surface area (Å²) in [7, 11) is 0. The van der Waals surface area contributed by atoms with Crippen LogP contribution < -0.4 is 0 Å². The fourth-order valence-electron chi connectivity index (χ4n) is 1.77. The van der Waals surface area contributed by atoms with Crippen molar-refractivity contribution in [2.75, 3.05) is 0 Å². The minimum absolute atomic E-state index is 0.380. The van der Waals surface area contributed by atoms with Gasteiger partial charge < -0.3 is 9.30 Å². The molecule has 5 heteroatoms. The molecule has 0 spiro atoms. The molecule has 2 aromatic rings. The van der Waals surface area contributed by atoms with Crippen LogP contribution in [0.4, 0.5) is 0 Å². The third-order valence-electron chi connectivity index (χ3n) is 2.58. The fourth-order valence-corrected chi connectivity index (χ4v) is 2.04. The van der Waals surface area contributed by atoms with Crippen molar-refractivity contribution in [2.24, 2.45) is 0 Å². The van der Waals surface area contributed by atoms with Crippen LogP contribution in [-0.2, 0) is 9.53 Å². The van der Waals surface area contributed by atoms with Gasteiger partial charge >= 0.3 is 5.97 Å². The van der Waals surface area contributed by atoms with Crippen LogP contribution in [-0.4, -0.2) is 21.1 Å². The molecule has 0 saturated heterocycles. The van der Waals surface area contributed by atoms with Gasteiger partial charge in [0.15, 0.2) is 0 Å². The highest BCUT2D eigenvalue weighted by atomic mass is 79.9. The maximum atomic E-state index is 12.1. The van der Waals surface area contributed by atoms with E-state index >= 15 is 0 Å². The van der Waals surface area contributed by atoms with Crippen molar-refractivity contribution < 1.29 is 9.53 Å². The van der Waals surface area contributed by atoms with Crippen molar-refractivity contribution in [1.82, 2.24) is 9.55 Å². The number of hydrogen-bond acceptors (Lipinski definition) is 3. The molecule has 1 aromatic carbocycles. The molecule has 0 N–H and O–H groups in total. The fraction of sp³-hybridized carbons (Fsp3) is 0.250. The van der Waals surface area contributed by atoms with Crippen molar-refractivity contribution in [3.8, 4) is 0 Å². The van der Waals surface area contributed by atoms with Crippen LogP contribution in [0.5, 0.6) is 0 Å². The Morgan fingerprint density at radius 3 is 2.48 bits per heavy atom. The van der Waals surface area contributed by atoms with Gasteiger partial charge in [0.05, 0.1) is 12.0 Å². The van der Waals surface area contributed by atoms with Gasteiger partial charge in [-0.2, -0.15) is 0 Å². The number of hydrogen-bond donors (Lipinski definition) is 0. The summed E-state index contributed by atoms with van der Waals surface area (Å²) in [5.41, 5.74) is 1.10. The highest BCUT2D eigenvalue weighted by Gasteiger charge is 2.16. The van der Waals surface area contributed by atoms with Crippen LogP contribution in [0, 0.1) is 0 Å². The van der Waals surface area contributed by atoms with E-state index in [1.54, 1.807) is 23.3 Å². The summed E-state index contributed by atoms with van der Waals surface area (Å²) >= 11 is 3.40. The molecule has 4 nitrogen and oxygen atoms in total. The first-order valence-electron chi connectivity index (χ1n) is 6.54. The first kappa shape index (κ1) is 15.5. The standard InChI is InChI=1S/C16H17BrN2O2/c1-16(2,3)21-15(20)10-14(19-9-8-18-11-19)12-4-6-13(17)7-5-12/h4-11H,1-3H3/b14-10+. The van der Waals surface area contributed by atoms with E-state index in [1.807, 2.05) is 45.0 Å². The van der Waals surface area contributed by atoms with Crippen LogP contribution >= 0.6 is 15.9 Å². The van der Waals surface area contributed by atoms with Gasteiger partial charge in [-0.25, -0.2) is 9.78 Å². The predicted octanol–water partition coefficient (Wildman–Crippen LogP) is 3.88. The molecule has 1 heterocycles. The smallest absolute Gasteiger partial charge is 0.333 e. The third kappa shape index (κ3) is 4.56. The molecule has 2 rings (SSSR count). The number of nitrogens with zero attached hydrogens (tertiary/aromatic N) is 2. The Labute approximate surface area is 132 Å². The van der Waals surface area contributed by atoms with Gasteiger partial charge in [0.1, 0.15) is 5.60 Å². The summed E-state index contributed by atoms with van der Waals surface area (Å²) in [6, 6.07) is 7.71. The summed E-state index contributed by atoms with van der Waals surface area (Å²) in [4.78, 5) is 16.1. The van der Waals surface area contributed by atoms with Crippen LogP contribution in [0.3, 0.4) is 0 Å². The quantitative estimate of drug-likeness (QED) is 0.624. The van der Waals surface area contributed by atoms with Gasteiger partial charge in [0.25, 0.3) is 0 Å². The number of aromatic nitrogens is 2. The minimum atomic E-state index is -0.520. The normalized spacial score (nSPS) is 12.3. The molecule has 0 aliphatic carbocycles. The average molecular weight is 349 g/mol. The molecule has 21 heavy (non-hydrogen) atoms. The first-order chi connectivity index (χ1) is 9.85. The molecule has 0 atom stereocenters. The van der Waals surface area contributed by atoms with Gasteiger partial charge in [-0.05, 0) is 38.5 Å². The van der Waals surface area contributed by atoms with E-state index < -0.39 is 5.60 Å². The lowest BCUT2D eigenvalue weighted by atomic mass is 10.1.